The molecule has 1 aromatic carbocycles. The van der Waals surface area contributed by atoms with Gasteiger partial charge in [-0.3, -0.25) is 9.78 Å². The van der Waals surface area contributed by atoms with Crippen LogP contribution < -0.4 is 4.74 Å². The maximum atomic E-state index is 12.4. The van der Waals surface area contributed by atoms with E-state index in [0.717, 1.165) is 11.3 Å². The molecule has 0 aliphatic heterocycles. The zero-order chi connectivity index (χ0) is 19.3. The second-order valence-corrected chi connectivity index (χ2v) is 5.87. The van der Waals surface area contributed by atoms with Gasteiger partial charge in [0.05, 0.1) is 36.2 Å². The van der Waals surface area contributed by atoms with E-state index in [1.807, 2.05) is 24.3 Å². The van der Waals surface area contributed by atoms with Crippen LogP contribution in [0.2, 0.25) is 0 Å². The minimum Gasteiger partial charge on any atom is -0.505 e. The van der Waals surface area contributed by atoms with Crippen LogP contribution in [0.3, 0.4) is 0 Å². The summed E-state index contributed by atoms with van der Waals surface area (Å²) in [4.78, 5) is 28.8. The Morgan fingerprint density at radius 1 is 1.12 bits per heavy atom. The Hall–Kier alpha value is -2.89. The molecule has 2 rings (SSSR count). The number of hydrogen-bond acceptors (Lipinski definition) is 6. The number of pyridine rings is 1. The number of hydrogen-bond donors (Lipinski definition) is 1. The standard InChI is InChI=1S/C20H23NO5/c1-5-26-20(24)18-16(21-12(2)19(23)17(18)13(3)22)11-8-14-6-9-15(25-4)10-7-14/h6-7,9-10,23H,5,8,11H2,1-4H3. The second-order valence-electron chi connectivity index (χ2n) is 5.87. The largest absolute Gasteiger partial charge is 0.505 e. The molecule has 1 aromatic heterocycles. The third-order valence-electron chi connectivity index (χ3n) is 4.06. The molecule has 0 bridgehead atoms. The Balaban J connectivity index is 2.41. The number of esters is 1. The molecule has 26 heavy (non-hydrogen) atoms. The molecule has 138 valence electrons. The second kappa shape index (κ2) is 8.47. The smallest absolute Gasteiger partial charge is 0.340 e. The van der Waals surface area contributed by atoms with Gasteiger partial charge in [-0.25, -0.2) is 4.79 Å². The lowest BCUT2D eigenvalue weighted by Crippen LogP contribution is -2.17. The van der Waals surface area contributed by atoms with E-state index < -0.39 is 11.8 Å². The lowest BCUT2D eigenvalue weighted by atomic mass is 9.97. The van der Waals surface area contributed by atoms with E-state index in [-0.39, 0.29) is 23.5 Å². The van der Waals surface area contributed by atoms with Crippen LogP contribution in [0, 0.1) is 6.92 Å². The Labute approximate surface area is 152 Å². The molecule has 1 heterocycles. The lowest BCUT2D eigenvalue weighted by Gasteiger charge is -2.15. The highest BCUT2D eigenvalue weighted by molar-refractivity contribution is 6.08. The molecule has 0 unspecified atom stereocenters. The van der Waals surface area contributed by atoms with Gasteiger partial charge in [0, 0.05) is 0 Å². The van der Waals surface area contributed by atoms with Crippen molar-refractivity contribution < 1.29 is 24.2 Å². The summed E-state index contributed by atoms with van der Waals surface area (Å²) >= 11 is 0. The highest BCUT2D eigenvalue weighted by Gasteiger charge is 2.26. The Morgan fingerprint density at radius 3 is 2.31 bits per heavy atom. The molecule has 0 saturated heterocycles. The van der Waals surface area contributed by atoms with Crippen LogP contribution in [-0.4, -0.2) is 35.6 Å². The number of nitrogens with zero attached hydrogens (tertiary/aromatic N) is 1. The quantitative estimate of drug-likeness (QED) is 0.605. The maximum absolute atomic E-state index is 12.4. The molecular weight excluding hydrogens is 334 g/mol. The molecule has 0 spiro atoms. The van der Waals surface area contributed by atoms with Crippen molar-refractivity contribution in [1.29, 1.82) is 0 Å². The number of methoxy groups -OCH3 is 1. The van der Waals surface area contributed by atoms with Crippen LogP contribution in [0.15, 0.2) is 24.3 Å². The highest BCUT2D eigenvalue weighted by atomic mass is 16.5. The van der Waals surface area contributed by atoms with Gasteiger partial charge in [-0.1, -0.05) is 12.1 Å². The summed E-state index contributed by atoms with van der Waals surface area (Å²) in [5.41, 5.74) is 1.82. The minimum atomic E-state index is -0.648. The van der Waals surface area contributed by atoms with E-state index in [0.29, 0.717) is 24.2 Å². The summed E-state index contributed by atoms with van der Waals surface area (Å²) in [6, 6.07) is 7.58. The number of ether oxygens (including phenoxy) is 2. The fraction of sp³-hybridized carbons (Fsp3) is 0.350. The zero-order valence-corrected chi connectivity index (χ0v) is 15.5. The van der Waals surface area contributed by atoms with Crippen molar-refractivity contribution in [2.45, 2.75) is 33.6 Å². The van der Waals surface area contributed by atoms with Gasteiger partial charge >= 0.3 is 5.97 Å². The number of aromatic hydroxyl groups is 1. The zero-order valence-electron chi connectivity index (χ0n) is 15.5. The summed E-state index contributed by atoms with van der Waals surface area (Å²) < 4.78 is 10.2. The molecule has 0 fully saturated rings. The predicted molar refractivity (Wildman–Crippen MR) is 97.0 cm³/mol. The van der Waals surface area contributed by atoms with Crippen molar-refractivity contribution in [2.75, 3.05) is 13.7 Å². The molecule has 6 heteroatoms. The van der Waals surface area contributed by atoms with Gasteiger partial charge in [-0.2, -0.15) is 0 Å². The van der Waals surface area contributed by atoms with Crippen molar-refractivity contribution >= 4 is 11.8 Å². The van der Waals surface area contributed by atoms with Crippen LogP contribution in [0.25, 0.3) is 0 Å². The number of carbonyl (C=O) groups is 2. The fourth-order valence-electron chi connectivity index (χ4n) is 2.76. The maximum Gasteiger partial charge on any atom is 0.340 e. The average molecular weight is 357 g/mol. The number of benzene rings is 1. The van der Waals surface area contributed by atoms with Crippen molar-refractivity contribution in [3.8, 4) is 11.5 Å². The number of rotatable bonds is 7. The molecule has 0 amide bonds. The number of aryl methyl sites for hydroxylation is 3. The molecule has 2 aromatic rings. The fourth-order valence-corrected chi connectivity index (χ4v) is 2.76. The van der Waals surface area contributed by atoms with Crippen molar-refractivity contribution in [2.24, 2.45) is 0 Å². The van der Waals surface area contributed by atoms with Gasteiger partial charge in [0.25, 0.3) is 0 Å². The first-order valence-corrected chi connectivity index (χ1v) is 8.42. The molecule has 6 nitrogen and oxygen atoms in total. The van der Waals surface area contributed by atoms with Gasteiger partial charge in [0.15, 0.2) is 5.78 Å². The molecule has 0 aliphatic rings. The van der Waals surface area contributed by atoms with Crippen LogP contribution in [0.4, 0.5) is 0 Å². The van der Waals surface area contributed by atoms with Gasteiger partial charge in [-0.05, 0) is 51.3 Å². The Morgan fingerprint density at radius 2 is 1.77 bits per heavy atom. The monoisotopic (exact) mass is 357 g/mol. The summed E-state index contributed by atoms with van der Waals surface area (Å²) in [6.07, 6.45) is 1.05. The van der Waals surface area contributed by atoms with E-state index >= 15 is 0 Å². The third-order valence-corrected chi connectivity index (χ3v) is 4.06. The first-order valence-electron chi connectivity index (χ1n) is 8.42. The molecule has 0 radical (unpaired) electrons. The van der Waals surface area contributed by atoms with E-state index in [2.05, 4.69) is 4.98 Å². The highest BCUT2D eigenvalue weighted by Crippen LogP contribution is 2.28. The average Bonchev–Trinajstić information content (AvgIpc) is 2.62. The van der Waals surface area contributed by atoms with E-state index in [1.54, 1.807) is 21.0 Å². The first kappa shape index (κ1) is 19.4. The van der Waals surface area contributed by atoms with Crippen LogP contribution >= 0.6 is 0 Å². The van der Waals surface area contributed by atoms with Crippen molar-refractivity contribution in [3.63, 3.8) is 0 Å². The van der Waals surface area contributed by atoms with Crippen LogP contribution in [0.5, 0.6) is 11.5 Å². The lowest BCUT2D eigenvalue weighted by molar-refractivity contribution is 0.0520. The molecule has 0 aliphatic carbocycles. The van der Waals surface area contributed by atoms with Gasteiger partial charge in [0.1, 0.15) is 11.5 Å². The number of Topliss-reactive ketones (excluding diaryl/α,β-unsaturated/α-hetero) is 1. The summed E-state index contributed by atoms with van der Waals surface area (Å²) in [6.45, 7) is 4.77. The number of ketones is 1. The van der Waals surface area contributed by atoms with E-state index in [1.165, 1.54) is 6.92 Å². The van der Waals surface area contributed by atoms with Crippen molar-refractivity contribution in [1.82, 2.24) is 4.98 Å². The predicted octanol–water partition coefficient (Wildman–Crippen LogP) is 3.27. The number of aromatic nitrogens is 1. The van der Waals surface area contributed by atoms with Gasteiger partial charge in [0.2, 0.25) is 0 Å². The topological polar surface area (TPSA) is 85.7 Å². The first-order chi connectivity index (χ1) is 12.4. The molecule has 1 N–H and O–H groups in total. The van der Waals surface area contributed by atoms with E-state index in [9.17, 15) is 14.7 Å². The molecular formula is C20H23NO5. The van der Waals surface area contributed by atoms with Crippen LogP contribution in [0.1, 0.15) is 51.5 Å². The summed E-state index contributed by atoms with van der Waals surface area (Å²) in [5.74, 6) is -0.556. The summed E-state index contributed by atoms with van der Waals surface area (Å²) in [7, 11) is 1.60. The Bertz CT molecular complexity index is 812. The van der Waals surface area contributed by atoms with Crippen molar-refractivity contribution in [3.05, 3.63) is 52.3 Å². The van der Waals surface area contributed by atoms with Gasteiger partial charge in [-0.15, -0.1) is 0 Å². The molecule has 0 atom stereocenters. The van der Waals surface area contributed by atoms with Gasteiger partial charge < -0.3 is 14.6 Å². The normalized spacial score (nSPS) is 10.5. The third kappa shape index (κ3) is 4.20. The minimum absolute atomic E-state index is 0.0271. The number of carbonyl (C=O) groups excluding carboxylic acids is 2. The molecule has 0 saturated carbocycles. The van der Waals surface area contributed by atoms with E-state index in [4.69, 9.17) is 9.47 Å². The van der Waals surface area contributed by atoms with Crippen LogP contribution in [-0.2, 0) is 17.6 Å². The summed E-state index contributed by atoms with van der Waals surface area (Å²) in [5, 5.41) is 10.2. The SMILES string of the molecule is CCOC(=O)c1c(CCc2ccc(OC)cc2)nc(C)c(O)c1C(C)=O. The Kier molecular flexibility index (Phi) is 6.33.